The maximum Gasteiger partial charge on any atom is 0.331 e. The maximum absolute atomic E-state index is 10.1. The van der Waals surface area contributed by atoms with Gasteiger partial charge in [-0.25, -0.2) is 4.79 Å². The van der Waals surface area contributed by atoms with Gasteiger partial charge in [-0.2, -0.15) is 0 Å². The molecule has 0 aromatic heterocycles. The molecule has 1 N–H and O–H groups in total. The molecule has 0 rings (SSSR count). The molecule has 0 amide bonds. The van der Waals surface area contributed by atoms with E-state index in [1.165, 1.54) is 13.0 Å². The Balaban J connectivity index is 4.17. The maximum atomic E-state index is 10.1. The van der Waals surface area contributed by atoms with Crippen molar-refractivity contribution in [2.24, 2.45) is 0 Å². The van der Waals surface area contributed by atoms with Gasteiger partial charge < -0.3 is 5.11 Å². The Morgan fingerprint density at radius 3 is 2.33 bits per heavy atom. The van der Waals surface area contributed by atoms with Crippen LogP contribution in [0.4, 0.5) is 0 Å². The zero-order valence-corrected chi connectivity index (χ0v) is 5.77. The number of aliphatic carboxylic acids is 1. The number of carbonyl (C=O) groups is 1. The van der Waals surface area contributed by atoms with Gasteiger partial charge in [0, 0.05) is 10.6 Å². The molecular weight excluding hydrogens is 140 g/mol. The van der Waals surface area contributed by atoms with E-state index in [2.05, 4.69) is 6.58 Å². The van der Waals surface area contributed by atoms with Gasteiger partial charge in [-0.1, -0.05) is 18.2 Å². The third kappa shape index (κ3) is 3.79. The molecule has 0 aliphatic heterocycles. The first-order valence-corrected chi connectivity index (χ1v) is 2.68. The van der Waals surface area contributed by atoms with Crippen molar-refractivity contribution in [1.29, 1.82) is 0 Å². The second-order valence-electron chi connectivity index (χ2n) is 1.58. The number of carboxylic acids is 1. The topological polar surface area (TPSA) is 37.3 Å². The Labute approximate surface area is 58.4 Å². The predicted molar refractivity (Wildman–Crippen MR) is 36.4 cm³/mol. The van der Waals surface area contributed by atoms with Crippen molar-refractivity contribution < 1.29 is 9.90 Å². The fraction of sp³-hybridized carbons (Fsp3) is 0.167. The third-order valence-corrected chi connectivity index (χ3v) is 0.820. The lowest BCUT2D eigenvalue weighted by Gasteiger charge is -1.88. The molecular formula is C6H7ClO2. The molecule has 50 valence electrons. The number of hydrogen-bond acceptors (Lipinski definition) is 1. The molecule has 0 aromatic carbocycles. The first kappa shape index (κ1) is 8.24. The molecule has 0 fully saturated rings. The first-order valence-electron chi connectivity index (χ1n) is 2.30. The molecule has 0 bridgehead atoms. The Bertz CT molecular complexity index is 170. The van der Waals surface area contributed by atoms with E-state index in [4.69, 9.17) is 16.7 Å². The number of halogens is 1. The molecule has 0 atom stereocenters. The van der Waals surface area contributed by atoms with E-state index in [0.29, 0.717) is 0 Å². The zero-order chi connectivity index (χ0) is 7.44. The molecule has 0 heterocycles. The van der Waals surface area contributed by atoms with Crippen LogP contribution in [0.2, 0.25) is 0 Å². The Kier molecular flexibility index (Phi) is 3.02. The second-order valence-corrected chi connectivity index (χ2v) is 2.06. The van der Waals surface area contributed by atoms with Gasteiger partial charge in [0.25, 0.3) is 0 Å². The quantitative estimate of drug-likeness (QED) is 0.476. The molecule has 9 heavy (non-hydrogen) atoms. The number of carboxylic acid groups (broad SMARTS) is 1. The Morgan fingerprint density at radius 2 is 2.22 bits per heavy atom. The van der Waals surface area contributed by atoms with Crippen LogP contribution in [0.15, 0.2) is 23.3 Å². The molecule has 2 nitrogen and oxygen atoms in total. The molecule has 0 saturated heterocycles. The SMILES string of the molecule is C=C(Cl)C=C(C)C(=O)O. The molecule has 0 saturated carbocycles. The minimum absolute atomic E-state index is 0.190. The van der Waals surface area contributed by atoms with Crippen LogP contribution in [0.3, 0.4) is 0 Å². The highest BCUT2D eigenvalue weighted by Crippen LogP contribution is 2.03. The van der Waals surface area contributed by atoms with Crippen LogP contribution in [0.5, 0.6) is 0 Å². The summed E-state index contributed by atoms with van der Waals surface area (Å²) in [4.78, 5) is 10.1. The van der Waals surface area contributed by atoms with Crippen molar-refractivity contribution in [3.05, 3.63) is 23.3 Å². The third-order valence-electron chi connectivity index (χ3n) is 0.710. The van der Waals surface area contributed by atoms with Crippen LogP contribution < -0.4 is 0 Å². The molecule has 0 aromatic rings. The van der Waals surface area contributed by atoms with E-state index >= 15 is 0 Å². The summed E-state index contributed by atoms with van der Waals surface area (Å²) in [5, 5.41) is 8.49. The lowest BCUT2D eigenvalue weighted by molar-refractivity contribution is -0.132. The van der Waals surface area contributed by atoms with Crippen LogP contribution in [0.1, 0.15) is 6.92 Å². The summed E-state index contributed by atoms with van der Waals surface area (Å²) < 4.78 is 0. The number of rotatable bonds is 2. The summed E-state index contributed by atoms with van der Waals surface area (Å²) in [6.45, 7) is 4.76. The van der Waals surface area contributed by atoms with Crippen molar-refractivity contribution in [3.8, 4) is 0 Å². The summed E-state index contributed by atoms with van der Waals surface area (Å²) >= 11 is 5.28. The van der Waals surface area contributed by atoms with E-state index < -0.39 is 5.97 Å². The summed E-state index contributed by atoms with van der Waals surface area (Å²) in [6, 6.07) is 0. The molecule has 0 aliphatic carbocycles. The van der Waals surface area contributed by atoms with Crippen molar-refractivity contribution in [3.63, 3.8) is 0 Å². The largest absolute Gasteiger partial charge is 0.478 e. The van der Waals surface area contributed by atoms with E-state index in [-0.39, 0.29) is 10.6 Å². The van der Waals surface area contributed by atoms with Crippen molar-refractivity contribution >= 4 is 17.6 Å². The normalized spacial score (nSPS) is 11.1. The standard InChI is InChI=1S/C6H7ClO2/c1-4(6(8)9)3-5(2)7/h3H,2H2,1H3,(H,8,9). The smallest absolute Gasteiger partial charge is 0.331 e. The lowest BCUT2D eigenvalue weighted by Crippen LogP contribution is -1.95. The van der Waals surface area contributed by atoms with Crippen molar-refractivity contribution in [1.82, 2.24) is 0 Å². The van der Waals surface area contributed by atoms with Crippen LogP contribution in [0.25, 0.3) is 0 Å². The highest BCUT2D eigenvalue weighted by molar-refractivity contribution is 6.31. The monoisotopic (exact) mass is 146 g/mol. The zero-order valence-electron chi connectivity index (χ0n) is 5.02. The van der Waals surface area contributed by atoms with E-state index in [0.717, 1.165) is 0 Å². The Morgan fingerprint density at radius 1 is 1.78 bits per heavy atom. The van der Waals surface area contributed by atoms with Gasteiger partial charge in [0.15, 0.2) is 0 Å². The second kappa shape index (κ2) is 3.30. The predicted octanol–water partition coefficient (Wildman–Crippen LogP) is 1.77. The first-order chi connectivity index (χ1) is 4.04. The van der Waals surface area contributed by atoms with Crippen molar-refractivity contribution in [2.45, 2.75) is 6.92 Å². The summed E-state index contributed by atoms with van der Waals surface area (Å²) in [7, 11) is 0. The van der Waals surface area contributed by atoms with Gasteiger partial charge in [-0.15, -0.1) is 0 Å². The van der Waals surface area contributed by atoms with Gasteiger partial charge in [-0.05, 0) is 13.0 Å². The molecule has 3 heteroatoms. The van der Waals surface area contributed by atoms with E-state index in [9.17, 15) is 4.79 Å². The van der Waals surface area contributed by atoms with Gasteiger partial charge >= 0.3 is 5.97 Å². The van der Waals surface area contributed by atoms with Crippen LogP contribution in [0, 0.1) is 0 Å². The highest BCUT2D eigenvalue weighted by atomic mass is 35.5. The summed E-state index contributed by atoms with van der Waals surface area (Å²) in [5.74, 6) is -0.975. The van der Waals surface area contributed by atoms with Gasteiger partial charge in [-0.3, -0.25) is 0 Å². The molecule has 0 spiro atoms. The van der Waals surface area contributed by atoms with Crippen LogP contribution in [-0.4, -0.2) is 11.1 Å². The minimum atomic E-state index is -0.975. The van der Waals surface area contributed by atoms with Crippen LogP contribution >= 0.6 is 11.6 Å². The fourth-order valence-corrected chi connectivity index (χ4v) is 0.460. The Hall–Kier alpha value is -0.760. The number of hydrogen-bond donors (Lipinski definition) is 1. The fourth-order valence-electron chi connectivity index (χ4n) is 0.297. The summed E-state index contributed by atoms with van der Waals surface area (Å²) in [5.41, 5.74) is 0.190. The van der Waals surface area contributed by atoms with E-state index in [1.807, 2.05) is 0 Å². The summed E-state index contributed by atoms with van der Waals surface area (Å²) in [6.07, 6.45) is 1.30. The highest BCUT2D eigenvalue weighted by Gasteiger charge is 1.97. The molecule has 0 radical (unpaired) electrons. The molecule has 0 unspecified atom stereocenters. The van der Waals surface area contributed by atoms with Gasteiger partial charge in [0.1, 0.15) is 0 Å². The molecule has 0 aliphatic rings. The van der Waals surface area contributed by atoms with E-state index in [1.54, 1.807) is 0 Å². The van der Waals surface area contributed by atoms with Crippen molar-refractivity contribution in [2.75, 3.05) is 0 Å². The average molecular weight is 147 g/mol. The minimum Gasteiger partial charge on any atom is -0.478 e. The number of allylic oxidation sites excluding steroid dienone is 2. The van der Waals surface area contributed by atoms with Gasteiger partial charge in [0.2, 0.25) is 0 Å². The average Bonchev–Trinajstić information content (AvgIpc) is 1.63. The lowest BCUT2D eigenvalue weighted by atomic mass is 10.3. The van der Waals surface area contributed by atoms with Crippen LogP contribution in [-0.2, 0) is 4.79 Å². The van der Waals surface area contributed by atoms with Gasteiger partial charge in [0.05, 0.1) is 0 Å².